The van der Waals surface area contributed by atoms with Gasteiger partial charge in [-0.1, -0.05) is 30.3 Å². The standard InChI is InChI=1S/C21H20N4OS/c22-11-10-15(14-5-2-1-3-6-14)21(26)25-19-9-8-18(27-19)17-13-24-20-16(17)7-4-12-23-20/h1-9,12-13,15H,10-11,22H2,(H,23,24)(H,25,26). The summed E-state index contributed by atoms with van der Waals surface area (Å²) >= 11 is 1.55. The Hall–Kier alpha value is -2.96. The van der Waals surface area contributed by atoms with Gasteiger partial charge in [-0.05, 0) is 42.8 Å². The fraction of sp³-hybridized carbons (Fsp3) is 0.143. The average Bonchev–Trinajstić information content (AvgIpc) is 3.33. The molecule has 0 saturated carbocycles. The van der Waals surface area contributed by atoms with E-state index in [-0.39, 0.29) is 11.8 Å². The second-order valence-electron chi connectivity index (χ2n) is 6.30. The Morgan fingerprint density at radius 3 is 2.81 bits per heavy atom. The average molecular weight is 376 g/mol. The number of rotatable bonds is 6. The quantitative estimate of drug-likeness (QED) is 0.467. The largest absolute Gasteiger partial charge is 0.345 e. The number of thiophene rings is 1. The molecule has 4 aromatic rings. The fourth-order valence-corrected chi connectivity index (χ4v) is 4.16. The lowest BCUT2D eigenvalue weighted by molar-refractivity contribution is -0.117. The normalized spacial score (nSPS) is 12.2. The van der Waals surface area contributed by atoms with E-state index in [4.69, 9.17) is 5.73 Å². The van der Waals surface area contributed by atoms with Gasteiger partial charge in [0, 0.05) is 28.2 Å². The van der Waals surface area contributed by atoms with E-state index in [0.717, 1.165) is 32.0 Å². The van der Waals surface area contributed by atoms with E-state index in [1.54, 1.807) is 17.5 Å². The Kier molecular flexibility index (Phi) is 5.00. The molecule has 27 heavy (non-hydrogen) atoms. The molecule has 4 N–H and O–H groups in total. The van der Waals surface area contributed by atoms with Crippen molar-refractivity contribution in [3.05, 3.63) is 72.6 Å². The minimum atomic E-state index is -0.251. The van der Waals surface area contributed by atoms with E-state index in [1.807, 2.05) is 60.8 Å². The number of nitrogens with two attached hydrogens (primary N) is 1. The maximum Gasteiger partial charge on any atom is 0.232 e. The highest BCUT2D eigenvalue weighted by Crippen LogP contribution is 2.35. The number of fused-ring (bicyclic) bond motifs is 1. The number of benzene rings is 1. The lowest BCUT2D eigenvalue weighted by Crippen LogP contribution is -2.23. The van der Waals surface area contributed by atoms with Crippen molar-refractivity contribution in [2.75, 3.05) is 11.9 Å². The number of hydrogen-bond acceptors (Lipinski definition) is 4. The van der Waals surface area contributed by atoms with Crippen LogP contribution in [0.3, 0.4) is 0 Å². The molecule has 6 heteroatoms. The molecular weight excluding hydrogens is 356 g/mol. The van der Waals surface area contributed by atoms with Crippen LogP contribution in [0.5, 0.6) is 0 Å². The van der Waals surface area contributed by atoms with Crippen LogP contribution in [0.2, 0.25) is 0 Å². The van der Waals surface area contributed by atoms with Crippen LogP contribution in [0.15, 0.2) is 67.0 Å². The van der Waals surface area contributed by atoms with Crippen molar-refractivity contribution in [2.24, 2.45) is 5.73 Å². The third-order valence-corrected chi connectivity index (χ3v) is 5.58. The number of carbonyl (C=O) groups excluding carboxylic acids is 1. The van der Waals surface area contributed by atoms with Gasteiger partial charge in [-0.2, -0.15) is 0 Å². The van der Waals surface area contributed by atoms with Crippen molar-refractivity contribution < 1.29 is 4.79 Å². The van der Waals surface area contributed by atoms with Crippen LogP contribution in [0.1, 0.15) is 17.9 Å². The van der Waals surface area contributed by atoms with Gasteiger partial charge in [-0.15, -0.1) is 11.3 Å². The Bertz CT molecular complexity index is 1050. The van der Waals surface area contributed by atoms with Crippen LogP contribution in [0.25, 0.3) is 21.5 Å². The summed E-state index contributed by atoms with van der Waals surface area (Å²) in [5.74, 6) is -0.278. The van der Waals surface area contributed by atoms with Crippen LogP contribution in [-0.2, 0) is 4.79 Å². The van der Waals surface area contributed by atoms with Gasteiger partial charge in [0.15, 0.2) is 0 Å². The monoisotopic (exact) mass is 376 g/mol. The van der Waals surface area contributed by atoms with Crippen LogP contribution in [0.4, 0.5) is 5.00 Å². The number of anilines is 1. The van der Waals surface area contributed by atoms with Crippen molar-refractivity contribution >= 4 is 33.3 Å². The van der Waals surface area contributed by atoms with E-state index in [9.17, 15) is 4.79 Å². The highest BCUT2D eigenvalue weighted by Gasteiger charge is 2.20. The Balaban J connectivity index is 1.55. The third-order valence-electron chi connectivity index (χ3n) is 4.54. The number of carbonyl (C=O) groups is 1. The zero-order valence-electron chi connectivity index (χ0n) is 14.7. The highest BCUT2D eigenvalue weighted by atomic mass is 32.1. The number of aromatic nitrogens is 2. The molecule has 0 aliphatic heterocycles. The summed E-state index contributed by atoms with van der Waals surface area (Å²) in [5, 5.41) is 4.95. The molecule has 1 unspecified atom stereocenters. The molecule has 1 aromatic carbocycles. The first-order valence-electron chi connectivity index (χ1n) is 8.84. The van der Waals surface area contributed by atoms with E-state index in [2.05, 4.69) is 15.3 Å². The molecule has 0 radical (unpaired) electrons. The van der Waals surface area contributed by atoms with Gasteiger partial charge in [-0.3, -0.25) is 4.79 Å². The van der Waals surface area contributed by atoms with Crippen molar-refractivity contribution in [2.45, 2.75) is 12.3 Å². The van der Waals surface area contributed by atoms with Crippen molar-refractivity contribution in [3.8, 4) is 10.4 Å². The molecule has 4 rings (SSSR count). The number of H-pyrrole nitrogens is 1. The number of aromatic amines is 1. The Labute approximate surface area is 161 Å². The molecule has 0 aliphatic rings. The number of hydrogen-bond donors (Lipinski definition) is 3. The minimum Gasteiger partial charge on any atom is -0.345 e. The fourth-order valence-electron chi connectivity index (χ4n) is 3.22. The predicted octanol–water partition coefficient (Wildman–Crippen LogP) is 4.36. The number of pyridine rings is 1. The van der Waals surface area contributed by atoms with E-state index in [0.29, 0.717) is 13.0 Å². The molecule has 1 amide bonds. The lowest BCUT2D eigenvalue weighted by atomic mass is 9.95. The summed E-state index contributed by atoms with van der Waals surface area (Å²) in [5.41, 5.74) is 8.67. The summed E-state index contributed by atoms with van der Waals surface area (Å²) in [6, 6.07) is 17.7. The zero-order valence-corrected chi connectivity index (χ0v) is 15.5. The van der Waals surface area contributed by atoms with Gasteiger partial charge in [0.2, 0.25) is 5.91 Å². The zero-order chi connectivity index (χ0) is 18.6. The molecule has 3 heterocycles. The van der Waals surface area contributed by atoms with Crippen LogP contribution in [0, 0.1) is 0 Å². The van der Waals surface area contributed by atoms with Crippen LogP contribution in [-0.4, -0.2) is 22.4 Å². The van der Waals surface area contributed by atoms with E-state index in [1.165, 1.54) is 0 Å². The van der Waals surface area contributed by atoms with Gasteiger partial charge in [-0.25, -0.2) is 4.98 Å². The molecule has 3 aromatic heterocycles. The lowest BCUT2D eigenvalue weighted by Gasteiger charge is -2.15. The minimum absolute atomic E-state index is 0.0272. The maximum absolute atomic E-state index is 12.8. The second kappa shape index (κ2) is 7.73. The summed E-state index contributed by atoms with van der Waals surface area (Å²) in [4.78, 5) is 21.4. The number of nitrogens with one attached hydrogen (secondary N) is 2. The highest BCUT2D eigenvalue weighted by molar-refractivity contribution is 7.19. The summed E-state index contributed by atoms with van der Waals surface area (Å²) < 4.78 is 0. The number of amides is 1. The summed E-state index contributed by atoms with van der Waals surface area (Å²) in [6.07, 6.45) is 4.34. The number of nitrogens with zero attached hydrogens (tertiary/aromatic N) is 1. The smallest absolute Gasteiger partial charge is 0.232 e. The Morgan fingerprint density at radius 2 is 2.00 bits per heavy atom. The first kappa shape index (κ1) is 17.5. The van der Waals surface area contributed by atoms with Gasteiger partial charge in [0.05, 0.1) is 10.9 Å². The van der Waals surface area contributed by atoms with Crippen LogP contribution < -0.4 is 11.1 Å². The van der Waals surface area contributed by atoms with Gasteiger partial charge in [0.25, 0.3) is 0 Å². The SMILES string of the molecule is NCCC(C(=O)Nc1ccc(-c2c[nH]c3ncccc23)s1)c1ccccc1. The predicted molar refractivity (Wildman–Crippen MR) is 111 cm³/mol. The van der Waals surface area contributed by atoms with Crippen molar-refractivity contribution in [1.82, 2.24) is 9.97 Å². The first-order chi connectivity index (χ1) is 13.3. The molecule has 0 bridgehead atoms. The molecule has 0 saturated heterocycles. The Morgan fingerprint density at radius 1 is 1.15 bits per heavy atom. The van der Waals surface area contributed by atoms with E-state index >= 15 is 0 Å². The molecule has 5 nitrogen and oxygen atoms in total. The molecule has 0 spiro atoms. The molecule has 0 aliphatic carbocycles. The van der Waals surface area contributed by atoms with Crippen molar-refractivity contribution in [1.29, 1.82) is 0 Å². The van der Waals surface area contributed by atoms with E-state index < -0.39 is 0 Å². The second-order valence-corrected chi connectivity index (χ2v) is 7.38. The summed E-state index contributed by atoms with van der Waals surface area (Å²) in [6.45, 7) is 0.463. The maximum atomic E-state index is 12.8. The molecule has 1 atom stereocenters. The first-order valence-corrected chi connectivity index (χ1v) is 9.66. The van der Waals surface area contributed by atoms with Gasteiger partial charge in [0.1, 0.15) is 5.65 Å². The van der Waals surface area contributed by atoms with Crippen LogP contribution >= 0.6 is 11.3 Å². The molecule has 0 fully saturated rings. The van der Waals surface area contributed by atoms with Gasteiger partial charge >= 0.3 is 0 Å². The molecular formula is C21H20N4OS. The summed E-state index contributed by atoms with van der Waals surface area (Å²) in [7, 11) is 0. The van der Waals surface area contributed by atoms with Crippen molar-refractivity contribution in [3.63, 3.8) is 0 Å². The van der Waals surface area contributed by atoms with Gasteiger partial charge < -0.3 is 16.0 Å². The third kappa shape index (κ3) is 3.63. The molecule has 136 valence electrons. The topological polar surface area (TPSA) is 83.8 Å².